The summed E-state index contributed by atoms with van der Waals surface area (Å²) in [5, 5.41) is 17.3. The summed E-state index contributed by atoms with van der Waals surface area (Å²) in [5.41, 5.74) is 0.953. The Morgan fingerprint density at radius 2 is 1.70 bits per heavy atom. The molecule has 1 rings (SSSR count). The highest BCUT2D eigenvalue weighted by Crippen LogP contribution is 2.30. The minimum absolute atomic E-state index is 0.0824. The number of carbonyl (C=O) groups is 1. The highest BCUT2D eigenvalue weighted by Gasteiger charge is 2.20. The van der Waals surface area contributed by atoms with Gasteiger partial charge in [-0.15, -0.1) is 0 Å². The number of nitriles is 2. The lowest BCUT2D eigenvalue weighted by Crippen LogP contribution is -2.36. The van der Waals surface area contributed by atoms with Gasteiger partial charge in [-0.1, -0.05) is 39.0 Å². The van der Waals surface area contributed by atoms with Crippen LogP contribution in [-0.4, -0.2) is 30.5 Å². The molecule has 0 unspecified atom stereocenters. The molecular weight excluding hydrogens is 290 g/mol. The van der Waals surface area contributed by atoms with E-state index in [9.17, 15) is 4.79 Å². The van der Waals surface area contributed by atoms with Gasteiger partial charge in [-0.05, 0) is 17.0 Å². The van der Waals surface area contributed by atoms with Gasteiger partial charge in [0.15, 0.2) is 6.61 Å². The van der Waals surface area contributed by atoms with Crippen LogP contribution in [0, 0.1) is 22.7 Å². The predicted octanol–water partition coefficient (Wildman–Crippen LogP) is 3.02. The average molecular weight is 313 g/mol. The number of amides is 1. The fraction of sp³-hybridized carbons (Fsp3) is 0.500. The fourth-order valence-electron chi connectivity index (χ4n) is 2.17. The van der Waals surface area contributed by atoms with Crippen molar-refractivity contribution < 1.29 is 9.53 Å². The van der Waals surface area contributed by atoms with E-state index in [0.717, 1.165) is 5.56 Å². The SMILES string of the molecule is CC(C)(C)c1ccccc1OCC(=O)N(CCC#N)CCC#N. The molecule has 23 heavy (non-hydrogen) atoms. The first-order valence-electron chi connectivity index (χ1n) is 7.64. The highest BCUT2D eigenvalue weighted by atomic mass is 16.5. The maximum atomic E-state index is 12.3. The molecule has 0 atom stereocenters. The molecule has 0 aromatic heterocycles. The molecule has 0 N–H and O–H groups in total. The number of para-hydroxylation sites is 1. The average Bonchev–Trinajstić information content (AvgIpc) is 2.52. The number of hydrogen-bond donors (Lipinski definition) is 0. The van der Waals surface area contributed by atoms with Crippen LogP contribution in [0.4, 0.5) is 0 Å². The first kappa shape index (κ1) is 18.5. The monoisotopic (exact) mass is 313 g/mol. The van der Waals surface area contributed by atoms with E-state index in [1.54, 1.807) is 0 Å². The van der Waals surface area contributed by atoms with E-state index >= 15 is 0 Å². The molecule has 5 nitrogen and oxygen atoms in total. The number of hydrogen-bond acceptors (Lipinski definition) is 4. The highest BCUT2D eigenvalue weighted by molar-refractivity contribution is 5.77. The van der Waals surface area contributed by atoms with Gasteiger partial charge < -0.3 is 9.64 Å². The number of nitrogens with zero attached hydrogens (tertiary/aromatic N) is 3. The lowest BCUT2D eigenvalue weighted by Gasteiger charge is -2.24. The van der Waals surface area contributed by atoms with E-state index in [4.69, 9.17) is 15.3 Å². The second kappa shape index (κ2) is 8.80. The van der Waals surface area contributed by atoms with Crippen LogP contribution in [0.3, 0.4) is 0 Å². The summed E-state index contributed by atoms with van der Waals surface area (Å²) in [5.74, 6) is 0.480. The molecule has 0 bridgehead atoms. The Morgan fingerprint density at radius 3 is 2.22 bits per heavy atom. The lowest BCUT2D eigenvalue weighted by atomic mass is 9.86. The van der Waals surface area contributed by atoms with Crippen molar-refractivity contribution in [3.8, 4) is 17.9 Å². The third-order valence-corrected chi connectivity index (χ3v) is 3.39. The number of benzene rings is 1. The molecular formula is C18H23N3O2. The van der Waals surface area contributed by atoms with E-state index in [1.165, 1.54) is 4.90 Å². The minimum Gasteiger partial charge on any atom is -0.483 e. The maximum absolute atomic E-state index is 12.3. The van der Waals surface area contributed by atoms with Crippen LogP contribution >= 0.6 is 0 Å². The van der Waals surface area contributed by atoms with E-state index < -0.39 is 0 Å². The van der Waals surface area contributed by atoms with Crippen molar-refractivity contribution in [2.75, 3.05) is 19.7 Å². The molecule has 5 heteroatoms. The van der Waals surface area contributed by atoms with E-state index in [0.29, 0.717) is 18.8 Å². The smallest absolute Gasteiger partial charge is 0.260 e. The van der Waals surface area contributed by atoms with Crippen LogP contribution < -0.4 is 4.74 Å². The standard InChI is InChI=1S/C18H23N3O2/c1-18(2,3)15-8-4-5-9-16(15)23-14-17(22)21(12-6-10-19)13-7-11-20/h4-5,8-9H,6-7,12-14H2,1-3H3. The number of rotatable bonds is 7. The van der Waals surface area contributed by atoms with Gasteiger partial charge in [0.05, 0.1) is 25.0 Å². The molecule has 0 saturated carbocycles. The molecule has 122 valence electrons. The first-order valence-corrected chi connectivity index (χ1v) is 7.64. The van der Waals surface area contributed by atoms with E-state index in [-0.39, 0.29) is 30.8 Å². The summed E-state index contributed by atoms with van der Waals surface area (Å²) in [6, 6.07) is 11.7. The van der Waals surface area contributed by atoms with Gasteiger partial charge in [-0.25, -0.2) is 0 Å². The number of ether oxygens (including phenoxy) is 1. The molecule has 0 aliphatic carbocycles. The fourth-order valence-corrected chi connectivity index (χ4v) is 2.17. The molecule has 1 aromatic carbocycles. The van der Waals surface area contributed by atoms with E-state index in [1.807, 2.05) is 36.4 Å². The van der Waals surface area contributed by atoms with Crippen LogP contribution in [0.2, 0.25) is 0 Å². The largest absolute Gasteiger partial charge is 0.483 e. The van der Waals surface area contributed by atoms with Gasteiger partial charge in [-0.3, -0.25) is 4.79 Å². The topological polar surface area (TPSA) is 77.1 Å². The molecule has 1 amide bonds. The first-order chi connectivity index (χ1) is 10.9. The third-order valence-electron chi connectivity index (χ3n) is 3.39. The summed E-state index contributed by atoms with van der Waals surface area (Å²) in [7, 11) is 0. The van der Waals surface area contributed by atoms with Gasteiger partial charge >= 0.3 is 0 Å². The van der Waals surface area contributed by atoms with Crippen molar-refractivity contribution in [1.82, 2.24) is 4.90 Å². The summed E-state index contributed by atoms with van der Waals surface area (Å²) in [6.45, 7) is 6.81. The van der Waals surface area contributed by atoms with Crippen molar-refractivity contribution in [2.45, 2.75) is 39.0 Å². The van der Waals surface area contributed by atoms with Gasteiger partial charge in [0.1, 0.15) is 5.75 Å². The maximum Gasteiger partial charge on any atom is 0.260 e. The zero-order valence-corrected chi connectivity index (χ0v) is 14.0. The van der Waals surface area contributed by atoms with Crippen molar-refractivity contribution in [1.29, 1.82) is 10.5 Å². The molecule has 0 saturated heterocycles. The van der Waals surface area contributed by atoms with Crippen LogP contribution in [-0.2, 0) is 10.2 Å². The van der Waals surface area contributed by atoms with Crippen molar-refractivity contribution in [3.05, 3.63) is 29.8 Å². The minimum atomic E-state index is -0.209. The third kappa shape index (κ3) is 6.00. The summed E-state index contributed by atoms with van der Waals surface area (Å²) in [6.07, 6.45) is 0.492. The Bertz CT molecular complexity index is 588. The molecule has 1 aromatic rings. The van der Waals surface area contributed by atoms with Crippen LogP contribution in [0.5, 0.6) is 5.75 Å². The zero-order chi connectivity index (χ0) is 17.3. The van der Waals surface area contributed by atoms with Crippen molar-refractivity contribution in [3.63, 3.8) is 0 Å². The zero-order valence-electron chi connectivity index (χ0n) is 14.0. The molecule has 0 fully saturated rings. The number of carbonyl (C=O) groups excluding carboxylic acids is 1. The lowest BCUT2D eigenvalue weighted by molar-refractivity contribution is -0.133. The Labute approximate surface area is 138 Å². The summed E-state index contributed by atoms with van der Waals surface area (Å²) < 4.78 is 5.71. The van der Waals surface area contributed by atoms with Crippen LogP contribution in [0.25, 0.3) is 0 Å². The molecule has 0 aliphatic heterocycles. The Hall–Kier alpha value is -2.53. The normalized spacial score (nSPS) is 10.5. The van der Waals surface area contributed by atoms with Crippen LogP contribution in [0.1, 0.15) is 39.2 Å². The van der Waals surface area contributed by atoms with Gasteiger partial charge in [0.2, 0.25) is 0 Å². The van der Waals surface area contributed by atoms with E-state index in [2.05, 4.69) is 20.8 Å². The van der Waals surface area contributed by atoms with Gasteiger partial charge in [0, 0.05) is 13.1 Å². The Balaban J connectivity index is 2.74. The molecule has 0 aliphatic rings. The summed E-state index contributed by atoms with van der Waals surface area (Å²) in [4.78, 5) is 13.8. The summed E-state index contributed by atoms with van der Waals surface area (Å²) >= 11 is 0. The van der Waals surface area contributed by atoms with Gasteiger partial charge in [0.25, 0.3) is 5.91 Å². The quantitative estimate of drug-likeness (QED) is 0.775. The second-order valence-electron chi connectivity index (χ2n) is 6.23. The van der Waals surface area contributed by atoms with Crippen LogP contribution in [0.15, 0.2) is 24.3 Å². The molecule has 0 spiro atoms. The van der Waals surface area contributed by atoms with Crippen molar-refractivity contribution in [2.24, 2.45) is 0 Å². The second-order valence-corrected chi connectivity index (χ2v) is 6.23. The van der Waals surface area contributed by atoms with Crippen molar-refractivity contribution >= 4 is 5.91 Å². The van der Waals surface area contributed by atoms with Gasteiger partial charge in [-0.2, -0.15) is 10.5 Å². The molecule has 0 heterocycles. The Morgan fingerprint density at radius 1 is 1.13 bits per heavy atom. The Kier molecular flexibility index (Phi) is 7.09. The molecule has 0 radical (unpaired) electrons. The predicted molar refractivity (Wildman–Crippen MR) is 87.7 cm³/mol.